The fourth-order valence-electron chi connectivity index (χ4n) is 6.18. The number of nitrogens with zero attached hydrogens (tertiary/aromatic N) is 4. The van der Waals surface area contributed by atoms with E-state index in [-0.39, 0.29) is 28.9 Å². The van der Waals surface area contributed by atoms with Crippen LogP contribution in [0.1, 0.15) is 63.1 Å². The van der Waals surface area contributed by atoms with Gasteiger partial charge in [0.1, 0.15) is 12.0 Å². The highest BCUT2D eigenvalue weighted by Crippen LogP contribution is 2.38. The first-order valence-corrected chi connectivity index (χ1v) is 18.1. The fourth-order valence-corrected chi connectivity index (χ4v) is 6.35. The quantitative estimate of drug-likeness (QED) is 0.0732. The predicted molar refractivity (Wildman–Crippen MR) is 209 cm³/mol. The first kappa shape index (κ1) is 40.8. The molecule has 5 aromatic rings. The van der Waals surface area contributed by atoms with Crippen molar-refractivity contribution in [2.75, 3.05) is 22.6 Å². The van der Waals surface area contributed by atoms with Gasteiger partial charge in [-0.2, -0.15) is 4.68 Å². The number of carboxylic acids is 1. The lowest BCUT2D eigenvalue weighted by Crippen LogP contribution is -2.47. The average molecular weight is 787 g/mol. The Morgan fingerprint density at radius 2 is 1.61 bits per heavy atom. The van der Waals surface area contributed by atoms with Gasteiger partial charge < -0.3 is 41.8 Å². The van der Waals surface area contributed by atoms with Gasteiger partial charge >= 0.3 is 23.8 Å². The maximum Gasteiger partial charge on any atom is 0.352 e. The number of aliphatic hydroxyl groups is 1. The van der Waals surface area contributed by atoms with Crippen LogP contribution in [-0.4, -0.2) is 77.8 Å². The second kappa shape index (κ2) is 17.4. The zero-order valence-electron chi connectivity index (χ0n) is 31.3. The van der Waals surface area contributed by atoms with Gasteiger partial charge in [0.2, 0.25) is 5.91 Å². The Hall–Kier alpha value is -6.33. The first-order valence-electron chi connectivity index (χ1n) is 17.7. The molecule has 2 heterocycles. The van der Waals surface area contributed by atoms with Gasteiger partial charge in [0.25, 0.3) is 0 Å². The standard InChI is InChI=1S/C38H43ClN10O7/c1-6-20(2)29(18-50)45-37(56)42-24-10-7-21(8-11-24)32(46-35(53)34(52)44-27-17-23(39)9-14-30(27)49-19-40-47-48-49)31(38(3,4)5)33(51)41-25-12-13-26-22(15-25)16-28(43-26)36(54)55/h7-17,19-20,29,31-32,43,50H,6,18H2,1-5H3,(H,41,51)(H,44,52)(H,46,53)(H,54,55)(H2,42,45,56)/t20?,29?,31-,32?/m0/s1. The van der Waals surface area contributed by atoms with Crippen LogP contribution in [0.4, 0.5) is 21.9 Å². The van der Waals surface area contributed by atoms with Crippen molar-refractivity contribution in [3.05, 3.63) is 89.3 Å². The van der Waals surface area contributed by atoms with E-state index >= 15 is 0 Å². The molecule has 0 bridgehead atoms. The number of amides is 5. The Bertz CT molecular complexity index is 2220. The lowest BCUT2D eigenvalue weighted by atomic mass is 9.73. The van der Waals surface area contributed by atoms with Crippen LogP contribution in [0.3, 0.4) is 0 Å². The summed E-state index contributed by atoms with van der Waals surface area (Å²) in [4.78, 5) is 68.7. The van der Waals surface area contributed by atoms with E-state index in [1.165, 1.54) is 23.1 Å². The van der Waals surface area contributed by atoms with Crippen molar-refractivity contribution in [1.82, 2.24) is 35.8 Å². The van der Waals surface area contributed by atoms with Gasteiger partial charge in [-0.1, -0.05) is 64.8 Å². The van der Waals surface area contributed by atoms with E-state index in [1.54, 1.807) is 54.6 Å². The van der Waals surface area contributed by atoms with Crippen molar-refractivity contribution in [3.63, 3.8) is 0 Å². The summed E-state index contributed by atoms with van der Waals surface area (Å²) in [5.41, 5.74) is 1.38. The number of rotatable bonds is 13. The summed E-state index contributed by atoms with van der Waals surface area (Å²) in [7, 11) is 0. The topological polar surface area (TPSA) is 245 Å². The molecule has 4 atom stereocenters. The summed E-state index contributed by atoms with van der Waals surface area (Å²) in [6.45, 7) is 9.07. The van der Waals surface area contributed by atoms with E-state index in [4.69, 9.17) is 11.6 Å². The number of urea groups is 1. The number of hydrogen-bond acceptors (Lipinski definition) is 9. The number of aliphatic hydroxyl groups excluding tert-OH is 1. The smallest absolute Gasteiger partial charge is 0.352 e. The number of aromatic amines is 1. The number of halogens is 1. The van der Waals surface area contributed by atoms with Crippen molar-refractivity contribution in [2.45, 2.75) is 53.1 Å². The van der Waals surface area contributed by atoms with Crippen LogP contribution in [0.5, 0.6) is 0 Å². The van der Waals surface area contributed by atoms with Crippen LogP contribution in [0, 0.1) is 17.3 Å². The highest BCUT2D eigenvalue weighted by Gasteiger charge is 2.41. The van der Waals surface area contributed by atoms with E-state index in [9.17, 15) is 34.2 Å². The van der Waals surface area contributed by atoms with E-state index < -0.39 is 53.1 Å². The number of carboxylic acid groups (broad SMARTS) is 1. The minimum absolute atomic E-state index is 0.0147. The normalized spacial score (nSPS) is 13.6. The number of carbonyl (C=O) groups is 5. The number of benzene rings is 3. The van der Waals surface area contributed by atoms with Gasteiger partial charge in [-0.25, -0.2) is 9.59 Å². The van der Waals surface area contributed by atoms with Gasteiger partial charge in [0, 0.05) is 27.3 Å². The Labute approximate surface area is 326 Å². The Kier molecular flexibility index (Phi) is 12.7. The number of aromatic carboxylic acids is 1. The van der Waals surface area contributed by atoms with Crippen molar-refractivity contribution in [2.24, 2.45) is 17.3 Å². The molecule has 0 fully saturated rings. The monoisotopic (exact) mass is 786 g/mol. The maximum atomic E-state index is 14.3. The number of fused-ring (bicyclic) bond motifs is 1. The molecule has 0 saturated carbocycles. The summed E-state index contributed by atoms with van der Waals surface area (Å²) in [5.74, 6) is -4.76. The number of nitrogens with one attached hydrogen (secondary N) is 6. The highest BCUT2D eigenvalue weighted by molar-refractivity contribution is 6.40. The Morgan fingerprint density at radius 3 is 2.23 bits per heavy atom. The van der Waals surface area contributed by atoms with Gasteiger partial charge in [0.15, 0.2) is 0 Å². The molecule has 0 aliphatic carbocycles. The molecule has 5 amide bonds. The predicted octanol–water partition coefficient (Wildman–Crippen LogP) is 5.12. The third kappa shape index (κ3) is 9.85. The molecule has 0 saturated heterocycles. The lowest BCUT2D eigenvalue weighted by Gasteiger charge is -2.36. The third-order valence-electron chi connectivity index (χ3n) is 9.33. The number of tetrazole rings is 1. The molecule has 2 aromatic heterocycles. The zero-order valence-corrected chi connectivity index (χ0v) is 32.0. The highest BCUT2D eigenvalue weighted by atomic mass is 35.5. The molecular weight excluding hydrogens is 744 g/mol. The molecule has 294 valence electrons. The van der Waals surface area contributed by atoms with Gasteiger partial charge in [-0.3, -0.25) is 14.4 Å². The SMILES string of the molecule is CCC(C)C(CO)NC(=O)Nc1ccc(C(NC(=O)C(=O)Nc2cc(Cl)ccc2-n2cnnn2)[C@@H](C(=O)Nc2ccc3[nH]c(C(=O)O)cc3c2)C(C)(C)C)cc1. The lowest BCUT2D eigenvalue weighted by molar-refractivity contribution is -0.137. The largest absolute Gasteiger partial charge is 0.477 e. The third-order valence-corrected chi connectivity index (χ3v) is 9.57. The fraction of sp³-hybridized carbons (Fsp3) is 0.316. The number of aromatic nitrogens is 5. The van der Waals surface area contributed by atoms with E-state index in [0.29, 0.717) is 33.5 Å². The molecule has 3 aromatic carbocycles. The molecular formula is C38H43ClN10O7. The second-order valence-electron chi connectivity index (χ2n) is 14.3. The van der Waals surface area contributed by atoms with Crippen LogP contribution < -0.4 is 26.6 Å². The van der Waals surface area contributed by atoms with Crippen molar-refractivity contribution >= 4 is 69.3 Å². The minimum Gasteiger partial charge on any atom is -0.477 e. The summed E-state index contributed by atoms with van der Waals surface area (Å²) < 4.78 is 1.28. The molecule has 0 spiro atoms. The summed E-state index contributed by atoms with van der Waals surface area (Å²) >= 11 is 6.22. The van der Waals surface area contributed by atoms with E-state index in [1.807, 2.05) is 34.6 Å². The van der Waals surface area contributed by atoms with Gasteiger partial charge in [-0.05, 0) is 81.9 Å². The molecule has 0 radical (unpaired) electrons. The van der Waals surface area contributed by atoms with E-state index in [2.05, 4.69) is 47.1 Å². The Morgan fingerprint density at radius 1 is 0.893 bits per heavy atom. The maximum absolute atomic E-state index is 14.3. The molecule has 0 aliphatic rings. The van der Waals surface area contributed by atoms with Crippen molar-refractivity contribution in [3.8, 4) is 5.69 Å². The summed E-state index contributed by atoms with van der Waals surface area (Å²) in [5, 5.41) is 44.8. The van der Waals surface area contributed by atoms with Crippen LogP contribution in [0.25, 0.3) is 16.6 Å². The Balaban J connectivity index is 1.45. The first-order chi connectivity index (χ1) is 26.6. The van der Waals surface area contributed by atoms with Crippen LogP contribution in [-0.2, 0) is 14.4 Å². The molecule has 8 N–H and O–H groups in total. The number of H-pyrrole nitrogens is 1. The number of carbonyl (C=O) groups excluding carboxylic acids is 4. The van der Waals surface area contributed by atoms with Crippen LogP contribution in [0.15, 0.2) is 73.1 Å². The summed E-state index contributed by atoms with van der Waals surface area (Å²) in [6.07, 6.45) is 2.05. The minimum atomic E-state index is -1.13. The summed E-state index contributed by atoms with van der Waals surface area (Å²) in [6, 6.07) is 15.2. The van der Waals surface area contributed by atoms with Crippen molar-refractivity contribution < 1.29 is 34.2 Å². The molecule has 17 nitrogen and oxygen atoms in total. The van der Waals surface area contributed by atoms with Gasteiger partial charge in [-0.15, -0.1) is 5.10 Å². The van der Waals surface area contributed by atoms with Crippen LogP contribution >= 0.6 is 11.6 Å². The second-order valence-corrected chi connectivity index (χ2v) is 14.8. The van der Waals surface area contributed by atoms with Crippen molar-refractivity contribution in [1.29, 1.82) is 0 Å². The van der Waals surface area contributed by atoms with Gasteiger partial charge in [0.05, 0.1) is 36.0 Å². The molecule has 18 heteroatoms. The zero-order chi connectivity index (χ0) is 40.7. The van der Waals surface area contributed by atoms with Crippen LogP contribution in [0.2, 0.25) is 5.02 Å². The molecule has 3 unspecified atom stereocenters. The average Bonchev–Trinajstić information content (AvgIpc) is 3.84. The number of anilines is 3. The number of hydrogen-bond donors (Lipinski definition) is 8. The molecule has 0 aliphatic heterocycles. The molecule has 56 heavy (non-hydrogen) atoms. The molecule has 5 rings (SSSR count). The van der Waals surface area contributed by atoms with E-state index in [0.717, 1.165) is 6.42 Å².